The summed E-state index contributed by atoms with van der Waals surface area (Å²) in [6.07, 6.45) is 43.4. The van der Waals surface area contributed by atoms with E-state index in [1.165, 1.54) is 128 Å². The molecule has 0 bridgehead atoms. The number of nitrogens with zero attached hydrogens (tertiary/aromatic N) is 1. The molecular weight excluding hydrogens is 703 g/mol. The minimum absolute atomic E-state index is 0.0393. The van der Waals surface area contributed by atoms with Crippen LogP contribution in [0.3, 0.4) is 0 Å². The van der Waals surface area contributed by atoms with E-state index >= 15 is 0 Å². The van der Waals surface area contributed by atoms with Crippen LogP contribution in [0.2, 0.25) is 0 Å². The fraction of sp³-hybridized carbons (Fsp3) is 0.854. The van der Waals surface area contributed by atoms with Gasteiger partial charge in [-0.3, -0.25) is 9.59 Å². The molecule has 0 radical (unpaired) electrons. The van der Waals surface area contributed by atoms with Crippen LogP contribution < -0.4 is 5.11 Å². The summed E-state index contributed by atoms with van der Waals surface area (Å²) in [7, 11) is 5.41. The molecule has 8 nitrogen and oxygen atoms in total. The van der Waals surface area contributed by atoms with Crippen molar-refractivity contribution in [1.82, 2.24) is 0 Å². The first-order chi connectivity index (χ1) is 27.1. The molecule has 0 saturated carbocycles. The van der Waals surface area contributed by atoms with Gasteiger partial charge in [-0.1, -0.05) is 154 Å². The third-order valence-corrected chi connectivity index (χ3v) is 10.6. The molecular formula is C48H89NO7. The predicted molar refractivity (Wildman–Crippen MR) is 231 cm³/mol. The van der Waals surface area contributed by atoms with Crippen molar-refractivity contribution in [1.29, 1.82) is 0 Å². The number of carbonyl (C=O) groups is 3. The minimum atomic E-state index is -1.13. The highest BCUT2D eigenvalue weighted by molar-refractivity contribution is 5.70. The van der Waals surface area contributed by atoms with E-state index in [2.05, 4.69) is 38.2 Å². The Bertz CT molecular complexity index is 973. The van der Waals surface area contributed by atoms with Crippen LogP contribution in [-0.4, -0.2) is 75.5 Å². The van der Waals surface area contributed by atoms with Gasteiger partial charge in [-0.05, 0) is 64.2 Å². The molecule has 0 spiro atoms. The van der Waals surface area contributed by atoms with Crippen molar-refractivity contribution in [3.05, 3.63) is 24.3 Å². The Balaban J connectivity index is 4.32. The summed E-state index contributed by atoms with van der Waals surface area (Å²) >= 11 is 0. The van der Waals surface area contributed by atoms with E-state index in [-0.39, 0.29) is 42.7 Å². The molecule has 0 saturated heterocycles. The summed E-state index contributed by atoms with van der Waals surface area (Å²) in [5.74, 6) is -1.74. The van der Waals surface area contributed by atoms with Gasteiger partial charge in [0, 0.05) is 19.3 Å². The van der Waals surface area contributed by atoms with Crippen LogP contribution in [0.15, 0.2) is 24.3 Å². The van der Waals surface area contributed by atoms with E-state index in [0.29, 0.717) is 12.8 Å². The van der Waals surface area contributed by atoms with Gasteiger partial charge < -0.3 is 28.6 Å². The largest absolute Gasteiger partial charge is 0.544 e. The lowest BCUT2D eigenvalue weighted by atomic mass is 10.1. The number of carboxylic acids is 1. The molecule has 2 unspecified atom stereocenters. The second-order valence-corrected chi connectivity index (χ2v) is 17.0. The maximum absolute atomic E-state index is 12.7. The molecule has 0 aliphatic heterocycles. The lowest BCUT2D eigenvalue weighted by molar-refractivity contribution is -0.889. The number of esters is 2. The number of ether oxygens (including phenoxy) is 3. The predicted octanol–water partition coefficient (Wildman–Crippen LogP) is 11.5. The molecule has 0 fully saturated rings. The molecule has 0 amide bonds. The van der Waals surface area contributed by atoms with E-state index in [0.717, 1.165) is 51.4 Å². The quantitative estimate of drug-likeness (QED) is 0.0262. The molecule has 2 atom stereocenters. The number of carbonyl (C=O) groups excluding carboxylic acids is 3. The van der Waals surface area contributed by atoms with Gasteiger partial charge in [0.1, 0.15) is 12.6 Å². The summed E-state index contributed by atoms with van der Waals surface area (Å²) in [4.78, 5) is 36.9. The number of likely N-dealkylation sites (N-methyl/N-ethyl adjacent to an activating group) is 1. The van der Waals surface area contributed by atoms with Gasteiger partial charge in [-0.25, -0.2) is 0 Å². The van der Waals surface area contributed by atoms with Crippen LogP contribution in [0.4, 0.5) is 0 Å². The van der Waals surface area contributed by atoms with E-state index in [9.17, 15) is 19.5 Å². The second kappa shape index (κ2) is 39.6. The molecule has 0 aromatic carbocycles. The minimum Gasteiger partial charge on any atom is -0.544 e. The SMILES string of the molecule is CCCCCCCC/C=C\CCCCCCCCCC(=O)OC(COCCC(C(=O)[O-])[N+](C)(C)C)COC(=O)CCCCCCC/C=C\CCCCCCCC. The standard InChI is InChI=1S/C48H89NO7/c1-6-8-10-12-14-16-18-20-22-23-25-27-29-31-33-35-37-39-47(51)56-44(42-54-41-40-45(48(52)53)49(3,4)5)43-55-46(50)38-36-34-32-30-28-26-24-21-19-17-15-13-11-9-7-2/h20-22,24,44-45H,6-19,23,25-43H2,1-5H3/b22-20-,24-21-. The molecule has 328 valence electrons. The molecule has 0 rings (SSSR count). The van der Waals surface area contributed by atoms with Crippen molar-refractivity contribution in [2.45, 2.75) is 225 Å². The number of hydrogen-bond donors (Lipinski definition) is 0. The highest BCUT2D eigenvalue weighted by Crippen LogP contribution is 2.14. The zero-order valence-corrected chi connectivity index (χ0v) is 37.3. The Labute approximate surface area is 345 Å². The smallest absolute Gasteiger partial charge is 0.306 e. The summed E-state index contributed by atoms with van der Waals surface area (Å²) in [5, 5.41) is 11.6. The lowest BCUT2D eigenvalue weighted by Gasteiger charge is -2.34. The van der Waals surface area contributed by atoms with Crippen LogP contribution in [0.5, 0.6) is 0 Å². The van der Waals surface area contributed by atoms with Crippen molar-refractivity contribution in [3.8, 4) is 0 Å². The Morgan fingerprint density at radius 3 is 1.29 bits per heavy atom. The first kappa shape index (κ1) is 53.8. The number of quaternary nitrogens is 1. The number of aliphatic carboxylic acids is 1. The van der Waals surface area contributed by atoms with Gasteiger partial charge in [-0.2, -0.15) is 0 Å². The van der Waals surface area contributed by atoms with Gasteiger partial charge in [0.2, 0.25) is 0 Å². The monoisotopic (exact) mass is 792 g/mol. The highest BCUT2D eigenvalue weighted by atomic mass is 16.6. The average molecular weight is 792 g/mol. The van der Waals surface area contributed by atoms with E-state index < -0.39 is 18.1 Å². The Morgan fingerprint density at radius 1 is 0.518 bits per heavy atom. The van der Waals surface area contributed by atoms with Crippen LogP contribution in [0, 0.1) is 0 Å². The molecule has 0 aromatic heterocycles. The maximum Gasteiger partial charge on any atom is 0.306 e. The topological polar surface area (TPSA) is 102 Å². The Morgan fingerprint density at radius 2 is 0.893 bits per heavy atom. The summed E-state index contributed by atoms with van der Waals surface area (Å²) in [6.45, 7) is 4.66. The molecule has 0 aromatic rings. The molecule has 56 heavy (non-hydrogen) atoms. The number of rotatable bonds is 42. The third kappa shape index (κ3) is 37.4. The zero-order chi connectivity index (χ0) is 41.4. The molecule has 0 aliphatic rings. The van der Waals surface area contributed by atoms with Crippen LogP contribution in [-0.2, 0) is 28.6 Å². The van der Waals surface area contributed by atoms with Gasteiger partial charge in [0.05, 0.1) is 40.3 Å². The van der Waals surface area contributed by atoms with Crippen molar-refractivity contribution < 1.29 is 38.2 Å². The first-order valence-corrected chi connectivity index (χ1v) is 23.4. The molecule has 8 heteroatoms. The Kier molecular flexibility index (Phi) is 38.1. The van der Waals surface area contributed by atoms with E-state index in [4.69, 9.17) is 14.2 Å². The van der Waals surface area contributed by atoms with Crippen molar-refractivity contribution in [3.63, 3.8) is 0 Å². The summed E-state index contributed by atoms with van der Waals surface area (Å²) < 4.78 is 17.2. The van der Waals surface area contributed by atoms with Crippen molar-refractivity contribution in [2.75, 3.05) is 41.0 Å². The van der Waals surface area contributed by atoms with Crippen LogP contribution in [0.1, 0.15) is 213 Å². The van der Waals surface area contributed by atoms with E-state index in [1.807, 2.05) is 0 Å². The summed E-state index contributed by atoms with van der Waals surface area (Å²) in [5.41, 5.74) is 0. The molecule has 0 heterocycles. The summed E-state index contributed by atoms with van der Waals surface area (Å²) in [6, 6.07) is -0.725. The van der Waals surface area contributed by atoms with Crippen LogP contribution >= 0.6 is 0 Å². The zero-order valence-electron chi connectivity index (χ0n) is 37.3. The molecule has 0 aliphatic carbocycles. The fourth-order valence-corrected chi connectivity index (χ4v) is 6.88. The van der Waals surface area contributed by atoms with Crippen molar-refractivity contribution in [2.24, 2.45) is 0 Å². The second-order valence-electron chi connectivity index (χ2n) is 17.0. The fourth-order valence-electron chi connectivity index (χ4n) is 6.88. The van der Waals surface area contributed by atoms with Gasteiger partial charge in [0.15, 0.2) is 6.10 Å². The van der Waals surface area contributed by atoms with Gasteiger partial charge in [0.25, 0.3) is 0 Å². The number of allylic oxidation sites excluding steroid dienone is 4. The number of carboxylic acid groups (broad SMARTS) is 1. The number of hydrogen-bond acceptors (Lipinski definition) is 7. The maximum atomic E-state index is 12.7. The third-order valence-electron chi connectivity index (χ3n) is 10.6. The van der Waals surface area contributed by atoms with Crippen LogP contribution in [0.25, 0.3) is 0 Å². The highest BCUT2D eigenvalue weighted by Gasteiger charge is 2.25. The Hall–Kier alpha value is -2.19. The first-order valence-electron chi connectivity index (χ1n) is 23.4. The normalized spacial score (nSPS) is 13.1. The average Bonchev–Trinajstić information content (AvgIpc) is 3.15. The number of unbranched alkanes of at least 4 members (excludes halogenated alkanes) is 24. The van der Waals surface area contributed by atoms with Crippen molar-refractivity contribution >= 4 is 17.9 Å². The molecule has 0 N–H and O–H groups in total. The van der Waals surface area contributed by atoms with Gasteiger partial charge >= 0.3 is 11.9 Å². The van der Waals surface area contributed by atoms with E-state index in [1.54, 1.807) is 21.1 Å². The lowest BCUT2D eigenvalue weighted by Crippen LogP contribution is -2.55. The van der Waals surface area contributed by atoms with Gasteiger partial charge in [-0.15, -0.1) is 0 Å².